The SMILES string of the molecule is CCC/C(C(=O)Cl)=C(\Cl)SCC. The summed E-state index contributed by atoms with van der Waals surface area (Å²) < 4.78 is 0.541. The third-order valence-corrected chi connectivity index (χ3v) is 2.82. The van der Waals surface area contributed by atoms with Crippen molar-refractivity contribution in [2.45, 2.75) is 26.7 Å². The van der Waals surface area contributed by atoms with Crippen LogP contribution in [-0.2, 0) is 4.79 Å². The van der Waals surface area contributed by atoms with E-state index in [9.17, 15) is 4.79 Å². The van der Waals surface area contributed by atoms with E-state index in [-0.39, 0.29) is 0 Å². The van der Waals surface area contributed by atoms with Gasteiger partial charge in [-0.2, -0.15) is 0 Å². The van der Waals surface area contributed by atoms with Gasteiger partial charge >= 0.3 is 0 Å². The van der Waals surface area contributed by atoms with E-state index in [1.165, 1.54) is 11.8 Å². The molecule has 0 aromatic rings. The van der Waals surface area contributed by atoms with E-state index in [0.29, 0.717) is 16.4 Å². The predicted octanol–water partition coefficient (Wildman–Crippen LogP) is 3.76. The Morgan fingerprint density at radius 1 is 1.33 bits per heavy atom. The lowest BCUT2D eigenvalue weighted by atomic mass is 10.2. The van der Waals surface area contributed by atoms with Crippen LogP contribution in [0.1, 0.15) is 26.7 Å². The van der Waals surface area contributed by atoms with E-state index in [2.05, 4.69) is 0 Å². The molecule has 0 unspecified atom stereocenters. The molecule has 0 fully saturated rings. The molecule has 70 valence electrons. The number of carbonyl (C=O) groups is 1. The molecule has 0 radical (unpaired) electrons. The molecule has 0 bridgehead atoms. The fourth-order valence-electron chi connectivity index (χ4n) is 0.738. The summed E-state index contributed by atoms with van der Waals surface area (Å²) in [7, 11) is 0. The molecule has 0 N–H and O–H groups in total. The molecular weight excluding hydrogens is 215 g/mol. The van der Waals surface area contributed by atoms with Crippen molar-refractivity contribution in [3.63, 3.8) is 0 Å². The normalized spacial score (nSPS) is 12.7. The highest BCUT2D eigenvalue weighted by Gasteiger charge is 2.10. The molecule has 0 aromatic heterocycles. The number of rotatable bonds is 5. The minimum Gasteiger partial charge on any atom is -0.276 e. The monoisotopic (exact) mass is 226 g/mol. The summed E-state index contributed by atoms with van der Waals surface area (Å²) in [5, 5.41) is -0.428. The molecule has 0 heterocycles. The van der Waals surface area contributed by atoms with Crippen LogP contribution in [0.5, 0.6) is 0 Å². The van der Waals surface area contributed by atoms with Gasteiger partial charge in [0.05, 0.1) is 4.36 Å². The summed E-state index contributed by atoms with van der Waals surface area (Å²) in [6.45, 7) is 3.97. The maximum atomic E-state index is 10.9. The minimum atomic E-state index is -0.428. The second-order valence-electron chi connectivity index (χ2n) is 2.21. The zero-order valence-corrected chi connectivity index (χ0v) is 9.52. The van der Waals surface area contributed by atoms with Gasteiger partial charge in [-0.25, -0.2) is 0 Å². The first-order valence-corrected chi connectivity index (χ1v) is 5.58. The fraction of sp³-hybridized carbons (Fsp3) is 0.625. The Kier molecular flexibility index (Phi) is 7.01. The standard InChI is InChI=1S/C8H12Cl2OS/c1-3-5-6(7(9)11)8(10)12-4-2/h3-5H2,1-2H3/b8-6-. The lowest BCUT2D eigenvalue weighted by Crippen LogP contribution is -1.94. The van der Waals surface area contributed by atoms with Crippen LogP contribution < -0.4 is 0 Å². The highest BCUT2D eigenvalue weighted by Crippen LogP contribution is 2.27. The second-order valence-corrected chi connectivity index (χ2v) is 4.43. The van der Waals surface area contributed by atoms with E-state index in [0.717, 1.165) is 12.2 Å². The maximum absolute atomic E-state index is 10.9. The Bertz CT molecular complexity index is 189. The number of allylic oxidation sites excluding steroid dienone is 1. The Morgan fingerprint density at radius 2 is 1.92 bits per heavy atom. The van der Waals surface area contributed by atoms with Crippen LogP contribution in [0.2, 0.25) is 0 Å². The molecule has 0 spiro atoms. The van der Waals surface area contributed by atoms with Crippen molar-refractivity contribution < 1.29 is 4.79 Å². The quantitative estimate of drug-likeness (QED) is 0.525. The largest absolute Gasteiger partial charge is 0.276 e. The average molecular weight is 227 g/mol. The number of thioether (sulfide) groups is 1. The molecular formula is C8H12Cl2OS. The zero-order chi connectivity index (χ0) is 9.56. The van der Waals surface area contributed by atoms with Crippen molar-refractivity contribution in [1.82, 2.24) is 0 Å². The van der Waals surface area contributed by atoms with Gasteiger partial charge in [0.25, 0.3) is 0 Å². The van der Waals surface area contributed by atoms with Crippen LogP contribution in [0.4, 0.5) is 0 Å². The van der Waals surface area contributed by atoms with Gasteiger partial charge in [0.2, 0.25) is 5.24 Å². The Balaban J connectivity index is 4.43. The Hall–Kier alpha value is 0.340. The highest BCUT2D eigenvalue weighted by atomic mass is 35.5. The third-order valence-electron chi connectivity index (χ3n) is 1.25. The molecule has 0 atom stereocenters. The van der Waals surface area contributed by atoms with Crippen molar-refractivity contribution in [3.05, 3.63) is 9.94 Å². The van der Waals surface area contributed by atoms with Crippen LogP contribution in [0.3, 0.4) is 0 Å². The van der Waals surface area contributed by atoms with E-state index in [1.54, 1.807) is 0 Å². The van der Waals surface area contributed by atoms with Crippen molar-refractivity contribution in [1.29, 1.82) is 0 Å². The molecule has 0 saturated heterocycles. The first-order chi connectivity index (χ1) is 5.63. The Morgan fingerprint density at radius 3 is 2.25 bits per heavy atom. The topological polar surface area (TPSA) is 17.1 Å². The first kappa shape index (κ1) is 12.3. The zero-order valence-electron chi connectivity index (χ0n) is 7.19. The summed E-state index contributed by atoms with van der Waals surface area (Å²) in [6, 6.07) is 0. The number of halogens is 2. The van der Waals surface area contributed by atoms with Crippen LogP contribution >= 0.6 is 35.0 Å². The number of carbonyl (C=O) groups excluding carboxylic acids is 1. The summed E-state index contributed by atoms with van der Waals surface area (Å²) in [5.74, 6) is 0.857. The number of hydrogen-bond donors (Lipinski definition) is 0. The molecule has 4 heteroatoms. The molecule has 0 saturated carbocycles. The van der Waals surface area contributed by atoms with Crippen LogP contribution in [-0.4, -0.2) is 11.0 Å². The van der Waals surface area contributed by atoms with Gasteiger partial charge in [-0.1, -0.05) is 31.9 Å². The highest BCUT2D eigenvalue weighted by molar-refractivity contribution is 8.04. The summed E-state index contributed by atoms with van der Waals surface area (Å²) in [4.78, 5) is 10.9. The van der Waals surface area contributed by atoms with Crippen molar-refractivity contribution >= 4 is 40.2 Å². The average Bonchev–Trinajstić information content (AvgIpc) is 1.99. The molecule has 1 nitrogen and oxygen atoms in total. The van der Waals surface area contributed by atoms with Gasteiger partial charge in [0.1, 0.15) is 0 Å². The smallest absolute Gasteiger partial charge is 0.250 e. The van der Waals surface area contributed by atoms with Crippen LogP contribution in [0.25, 0.3) is 0 Å². The predicted molar refractivity (Wildman–Crippen MR) is 56.8 cm³/mol. The van der Waals surface area contributed by atoms with E-state index in [1.807, 2.05) is 13.8 Å². The third kappa shape index (κ3) is 4.39. The van der Waals surface area contributed by atoms with Gasteiger partial charge in [-0.3, -0.25) is 4.79 Å². The minimum absolute atomic E-state index is 0.428. The molecule has 12 heavy (non-hydrogen) atoms. The second kappa shape index (κ2) is 6.81. The van der Waals surface area contributed by atoms with E-state index in [4.69, 9.17) is 23.2 Å². The molecule has 0 aliphatic heterocycles. The number of hydrogen-bond acceptors (Lipinski definition) is 2. The molecule has 0 aliphatic rings. The summed E-state index contributed by atoms with van der Waals surface area (Å²) in [5.41, 5.74) is 0.549. The molecule has 0 rings (SSSR count). The maximum Gasteiger partial charge on any atom is 0.250 e. The Labute approximate surface area is 87.5 Å². The van der Waals surface area contributed by atoms with Crippen LogP contribution in [0, 0.1) is 0 Å². The van der Waals surface area contributed by atoms with E-state index < -0.39 is 5.24 Å². The molecule has 0 aromatic carbocycles. The van der Waals surface area contributed by atoms with Crippen LogP contribution in [0.15, 0.2) is 9.94 Å². The van der Waals surface area contributed by atoms with Crippen molar-refractivity contribution in [2.75, 3.05) is 5.75 Å². The summed E-state index contributed by atoms with van der Waals surface area (Å²) in [6.07, 6.45) is 1.54. The van der Waals surface area contributed by atoms with Crippen molar-refractivity contribution in [3.8, 4) is 0 Å². The first-order valence-electron chi connectivity index (χ1n) is 3.84. The fourth-order valence-corrected chi connectivity index (χ4v) is 2.16. The van der Waals surface area contributed by atoms with Gasteiger partial charge in [-0.15, -0.1) is 11.8 Å². The van der Waals surface area contributed by atoms with Gasteiger partial charge in [-0.05, 0) is 23.8 Å². The summed E-state index contributed by atoms with van der Waals surface area (Å²) >= 11 is 12.7. The lowest BCUT2D eigenvalue weighted by molar-refractivity contribution is -0.108. The molecule has 0 amide bonds. The van der Waals surface area contributed by atoms with Crippen molar-refractivity contribution in [2.24, 2.45) is 0 Å². The molecule has 0 aliphatic carbocycles. The van der Waals surface area contributed by atoms with Gasteiger partial charge < -0.3 is 0 Å². The van der Waals surface area contributed by atoms with E-state index >= 15 is 0 Å². The van der Waals surface area contributed by atoms with Gasteiger partial charge in [0, 0.05) is 5.57 Å². The lowest BCUT2D eigenvalue weighted by Gasteiger charge is -2.02. The van der Waals surface area contributed by atoms with Gasteiger partial charge in [0.15, 0.2) is 0 Å².